The van der Waals surface area contributed by atoms with E-state index in [0.717, 1.165) is 5.76 Å². The fourth-order valence-electron chi connectivity index (χ4n) is 1.11. The van der Waals surface area contributed by atoms with Gasteiger partial charge in [0.25, 0.3) is 0 Å². The van der Waals surface area contributed by atoms with Crippen LogP contribution in [0.4, 0.5) is 0 Å². The predicted octanol–water partition coefficient (Wildman–Crippen LogP) is 3.22. The molecule has 0 radical (unpaired) electrons. The van der Waals surface area contributed by atoms with E-state index < -0.39 is 0 Å². The number of thioether (sulfide) groups is 1. The Morgan fingerprint density at radius 1 is 1.42 bits per heavy atom. The average Bonchev–Trinajstić information content (AvgIpc) is 2.50. The highest BCUT2D eigenvalue weighted by atomic mass is 32.2. The minimum absolute atomic E-state index is 0.407. The van der Waals surface area contributed by atoms with Crippen LogP contribution >= 0.6 is 11.8 Å². The molecule has 2 nitrogen and oxygen atoms in total. The second kappa shape index (κ2) is 3.99. The molecule has 12 heavy (non-hydrogen) atoms. The lowest BCUT2D eigenvalue weighted by Crippen LogP contribution is -1.93. The maximum atomic E-state index is 5.21. The van der Waals surface area contributed by atoms with E-state index in [1.54, 1.807) is 11.8 Å². The van der Waals surface area contributed by atoms with Crippen LogP contribution in [-0.2, 0) is 0 Å². The maximum absolute atomic E-state index is 5.21. The molecule has 0 bridgehead atoms. The van der Waals surface area contributed by atoms with Crippen LogP contribution in [0.15, 0.2) is 10.7 Å². The molecular weight excluding hydrogens is 170 g/mol. The van der Waals surface area contributed by atoms with E-state index in [-0.39, 0.29) is 0 Å². The van der Waals surface area contributed by atoms with Crippen molar-refractivity contribution in [1.29, 1.82) is 0 Å². The summed E-state index contributed by atoms with van der Waals surface area (Å²) in [5, 5.41) is 4.23. The fourth-order valence-corrected chi connectivity index (χ4v) is 1.50. The van der Waals surface area contributed by atoms with E-state index in [4.69, 9.17) is 4.52 Å². The predicted molar refractivity (Wildman–Crippen MR) is 52.5 cm³/mol. The van der Waals surface area contributed by atoms with Crippen molar-refractivity contribution >= 4 is 11.8 Å². The van der Waals surface area contributed by atoms with Crippen LogP contribution in [-0.4, -0.2) is 11.4 Å². The molecule has 0 N–H and O–H groups in total. The molecular formula is C9H15NOS. The molecule has 1 unspecified atom stereocenters. The topological polar surface area (TPSA) is 26.0 Å². The summed E-state index contributed by atoms with van der Waals surface area (Å²) < 4.78 is 5.21. The third-order valence-corrected chi connectivity index (χ3v) is 2.89. The molecule has 3 heteroatoms. The first-order valence-corrected chi connectivity index (χ1v) is 5.42. The molecule has 1 aromatic heterocycles. The SMILES string of the molecule is CSC(C)c1oncc1C(C)C. The van der Waals surface area contributed by atoms with Crippen LogP contribution in [0.2, 0.25) is 0 Å². The normalized spacial score (nSPS) is 13.8. The molecule has 0 aliphatic carbocycles. The van der Waals surface area contributed by atoms with Gasteiger partial charge in [0.15, 0.2) is 5.76 Å². The zero-order chi connectivity index (χ0) is 9.14. The van der Waals surface area contributed by atoms with Crippen LogP contribution in [0, 0.1) is 0 Å². The second-order valence-electron chi connectivity index (χ2n) is 3.18. The summed E-state index contributed by atoms with van der Waals surface area (Å²) in [5.74, 6) is 1.53. The van der Waals surface area contributed by atoms with E-state index >= 15 is 0 Å². The third-order valence-electron chi connectivity index (χ3n) is 1.97. The van der Waals surface area contributed by atoms with Crippen molar-refractivity contribution in [1.82, 2.24) is 5.16 Å². The highest BCUT2D eigenvalue weighted by Crippen LogP contribution is 2.31. The Kier molecular flexibility index (Phi) is 3.20. The van der Waals surface area contributed by atoms with Gasteiger partial charge in [-0.15, -0.1) is 0 Å². The Balaban J connectivity index is 2.91. The van der Waals surface area contributed by atoms with Crippen LogP contribution in [0.3, 0.4) is 0 Å². The first-order valence-electron chi connectivity index (χ1n) is 4.14. The standard InChI is InChI=1S/C9H15NOS/c1-6(2)8-5-10-11-9(8)7(3)12-4/h5-7H,1-4H3. The average molecular weight is 185 g/mol. The Morgan fingerprint density at radius 2 is 2.08 bits per heavy atom. The van der Waals surface area contributed by atoms with Gasteiger partial charge in [-0.1, -0.05) is 19.0 Å². The van der Waals surface area contributed by atoms with E-state index in [9.17, 15) is 0 Å². The van der Waals surface area contributed by atoms with E-state index in [2.05, 4.69) is 32.2 Å². The first-order chi connectivity index (χ1) is 5.66. The lowest BCUT2D eigenvalue weighted by Gasteiger charge is -2.08. The summed E-state index contributed by atoms with van der Waals surface area (Å²) in [6.45, 7) is 6.45. The molecule has 68 valence electrons. The molecule has 1 rings (SSSR count). The van der Waals surface area contributed by atoms with Crippen LogP contribution in [0.25, 0.3) is 0 Å². The van der Waals surface area contributed by atoms with Crippen molar-refractivity contribution < 1.29 is 4.52 Å². The maximum Gasteiger partial charge on any atom is 0.152 e. The smallest absolute Gasteiger partial charge is 0.152 e. The third kappa shape index (κ3) is 1.83. The molecule has 0 saturated heterocycles. The van der Waals surface area contributed by atoms with Gasteiger partial charge in [0.1, 0.15) is 0 Å². The second-order valence-corrected chi connectivity index (χ2v) is 4.36. The van der Waals surface area contributed by atoms with Crippen LogP contribution in [0.5, 0.6) is 0 Å². The summed E-state index contributed by atoms with van der Waals surface area (Å²) in [4.78, 5) is 0. The van der Waals surface area contributed by atoms with Crippen molar-refractivity contribution in [3.63, 3.8) is 0 Å². The highest BCUT2D eigenvalue weighted by molar-refractivity contribution is 7.98. The van der Waals surface area contributed by atoms with E-state index in [0.29, 0.717) is 11.2 Å². The Bertz CT molecular complexity index is 244. The van der Waals surface area contributed by atoms with E-state index in [1.165, 1.54) is 5.56 Å². The van der Waals surface area contributed by atoms with Gasteiger partial charge >= 0.3 is 0 Å². The van der Waals surface area contributed by atoms with Gasteiger partial charge in [0.05, 0.1) is 11.4 Å². The number of aromatic nitrogens is 1. The molecule has 0 aliphatic heterocycles. The molecule has 0 aliphatic rings. The summed E-state index contributed by atoms with van der Waals surface area (Å²) >= 11 is 1.78. The monoisotopic (exact) mass is 185 g/mol. The van der Waals surface area contributed by atoms with Gasteiger partial charge < -0.3 is 4.52 Å². The molecule has 0 saturated carbocycles. The number of hydrogen-bond donors (Lipinski definition) is 0. The van der Waals surface area contributed by atoms with Crippen molar-refractivity contribution in [2.24, 2.45) is 0 Å². The van der Waals surface area contributed by atoms with Gasteiger partial charge in [0.2, 0.25) is 0 Å². The van der Waals surface area contributed by atoms with Crippen molar-refractivity contribution in [3.8, 4) is 0 Å². The minimum atomic E-state index is 0.407. The zero-order valence-corrected chi connectivity index (χ0v) is 8.81. The molecule has 1 aromatic rings. The Labute approximate surface area is 77.7 Å². The highest BCUT2D eigenvalue weighted by Gasteiger charge is 2.16. The van der Waals surface area contributed by atoms with Crippen molar-refractivity contribution in [2.75, 3.05) is 6.26 Å². The number of hydrogen-bond acceptors (Lipinski definition) is 3. The molecule has 0 amide bonds. The van der Waals surface area contributed by atoms with Gasteiger partial charge in [-0.05, 0) is 19.1 Å². The quantitative estimate of drug-likeness (QED) is 0.723. The van der Waals surface area contributed by atoms with Crippen molar-refractivity contribution in [3.05, 3.63) is 17.5 Å². The van der Waals surface area contributed by atoms with Gasteiger partial charge in [-0.2, -0.15) is 11.8 Å². The lowest BCUT2D eigenvalue weighted by atomic mass is 10.0. The summed E-state index contributed by atoms with van der Waals surface area (Å²) in [6, 6.07) is 0. The Morgan fingerprint density at radius 3 is 2.58 bits per heavy atom. The van der Waals surface area contributed by atoms with Gasteiger partial charge in [0, 0.05) is 5.56 Å². The van der Waals surface area contributed by atoms with E-state index in [1.807, 2.05) is 6.20 Å². The minimum Gasteiger partial charge on any atom is -0.360 e. The fraction of sp³-hybridized carbons (Fsp3) is 0.667. The van der Waals surface area contributed by atoms with Crippen LogP contribution in [0.1, 0.15) is 43.3 Å². The van der Waals surface area contributed by atoms with Gasteiger partial charge in [-0.25, -0.2) is 0 Å². The first kappa shape index (κ1) is 9.65. The molecule has 0 spiro atoms. The molecule has 0 fully saturated rings. The Hall–Kier alpha value is -0.440. The van der Waals surface area contributed by atoms with Crippen molar-refractivity contribution in [2.45, 2.75) is 31.9 Å². The zero-order valence-electron chi connectivity index (χ0n) is 8.00. The number of rotatable bonds is 3. The largest absolute Gasteiger partial charge is 0.360 e. The summed E-state index contributed by atoms with van der Waals surface area (Å²) in [7, 11) is 0. The van der Waals surface area contributed by atoms with Gasteiger partial charge in [-0.3, -0.25) is 0 Å². The van der Waals surface area contributed by atoms with Crippen LogP contribution < -0.4 is 0 Å². The molecule has 1 heterocycles. The molecule has 0 aromatic carbocycles. The lowest BCUT2D eigenvalue weighted by molar-refractivity contribution is 0.383. The summed E-state index contributed by atoms with van der Waals surface area (Å²) in [6.07, 6.45) is 3.91. The number of nitrogens with zero attached hydrogens (tertiary/aromatic N) is 1. The summed E-state index contributed by atoms with van der Waals surface area (Å²) in [5.41, 5.74) is 1.23. The molecule has 1 atom stereocenters.